The zero-order valence-electron chi connectivity index (χ0n) is 14.9. The van der Waals surface area contributed by atoms with E-state index in [2.05, 4.69) is 15.2 Å². The molecule has 1 aliphatic rings. The number of amides is 1. The molecule has 0 bridgehead atoms. The van der Waals surface area contributed by atoms with Crippen molar-refractivity contribution in [3.8, 4) is 0 Å². The SMILES string of the molecule is CCOC(=O)c1ccc(N2CCC[C@H](C(=O)Nc3ccccc3)C2)nc1. The number of rotatable bonds is 5. The van der Waals surface area contributed by atoms with Gasteiger partial charge >= 0.3 is 5.97 Å². The van der Waals surface area contributed by atoms with Crippen molar-refractivity contribution in [1.29, 1.82) is 0 Å². The van der Waals surface area contributed by atoms with Gasteiger partial charge in [0.05, 0.1) is 18.1 Å². The van der Waals surface area contributed by atoms with Crippen LogP contribution in [-0.4, -0.2) is 36.6 Å². The van der Waals surface area contributed by atoms with E-state index >= 15 is 0 Å². The van der Waals surface area contributed by atoms with Crippen molar-refractivity contribution in [2.24, 2.45) is 5.92 Å². The predicted molar refractivity (Wildman–Crippen MR) is 100 cm³/mol. The highest BCUT2D eigenvalue weighted by atomic mass is 16.5. The van der Waals surface area contributed by atoms with Crippen LogP contribution in [0.2, 0.25) is 0 Å². The van der Waals surface area contributed by atoms with Gasteiger partial charge in [0.25, 0.3) is 0 Å². The Morgan fingerprint density at radius 3 is 2.73 bits per heavy atom. The van der Waals surface area contributed by atoms with Crippen LogP contribution in [0, 0.1) is 5.92 Å². The van der Waals surface area contributed by atoms with Gasteiger partial charge in [0.2, 0.25) is 5.91 Å². The van der Waals surface area contributed by atoms with Gasteiger partial charge < -0.3 is 15.0 Å². The number of esters is 1. The zero-order chi connectivity index (χ0) is 18.4. The number of carbonyl (C=O) groups excluding carboxylic acids is 2. The first-order valence-electron chi connectivity index (χ1n) is 8.91. The molecular formula is C20H23N3O3. The normalized spacial score (nSPS) is 16.8. The van der Waals surface area contributed by atoms with Crippen LogP contribution in [-0.2, 0) is 9.53 Å². The average molecular weight is 353 g/mol. The molecule has 1 aromatic carbocycles. The molecule has 6 nitrogen and oxygen atoms in total. The molecule has 136 valence electrons. The van der Waals surface area contributed by atoms with Crippen molar-refractivity contribution in [2.75, 3.05) is 29.9 Å². The topological polar surface area (TPSA) is 71.5 Å². The minimum atomic E-state index is -0.370. The fourth-order valence-corrected chi connectivity index (χ4v) is 3.07. The number of carbonyl (C=O) groups is 2. The summed E-state index contributed by atoms with van der Waals surface area (Å²) in [5.74, 6) is 0.347. The number of nitrogens with one attached hydrogen (secondary N) is 1. The summed E-state index contributed by atoms with van der Waals surface area (Å²) >= 11 is 0. The largest absolute Gasteiger partial charge is 0.462 e. The smallest absolute Gasteiger partial charge is 0.339 e. The first-order chi connectivity index (χ1) is 12.7. The highest BCUT2D eigenvalue weighted by Crippen LogP contribution is 2.23. The molecule has 26 heavy (non-hydrogen) atoms. The maximum absolute atomic E-state index is 12.5. The monoisotopic (exact) mass is 353 g/mol. The molecule has 1 atom stereocenters. The molecule has 0 spiro atoms. The second-order valence-corrected chi connectivity index (χ2v) is 6.27. The third kappa shape index (κ3) is 4.39. The fourth-order valence-electron chi connectivity index (χ4n) is 3.07. The number of hydrogen-bond acceptors (Lipinski definition) is 5. The van der Waals surface area contributed by atoms with Crippen LogP contribution in [0.3, 0.4) is 0 Å². The molecule has 2 heterocycles. The maximum atomic E-state index is 12.5. The van der Waals surface area contributed by atoms with Gasteiger partial charge in [0.1, 0.15) is 5.82 Å². The van der Waals surface area contributed by atoms with Gasteiger partial charge in [-0.2, -0.15) is 0 Å². The van der Waals surface area contributed by atoms with E-state index in [9.17, 15) is 9.59 Å². The van der Waals surface area contributed by atoms with Crippen LogP contribution >= 0.6 is 0 Å². The van der Waals surface area contributed by atoms with Crippen LogP contribution in [0.25, 0.3) is 0 Å². The zero-order valence-corrected chi connectivity index (χ0v) is 14.9. The van der Waals surface area contributed by atoms with Gasteiger partial charge in [-0.25, -0.2) is 9.78 Å². The van der Waals surface area contributed by atoms with Crippen LogP contribution in [0.5, 0.6) is 0 Å². The van der Waals surface area contributed by atoms with Crippen molar-refractivity contribution in [3.05, 3.63) is 54.2 Å². The van der Waals surface area contributed by atoms with E-state index in [-0.39, 0.29) is 17.8 Å². The van der Waals surface area contributed by atoms with E-state index < -0.39 is 0 Å². The Morgan fingerprint density at radius 2 is 2.04 bits per heavy atom. The second-order valence-electron chi connectivity index (χ2n) is 6.27. The molecule has 0 aliphatic carbocycles. The summed E-state index contributed by atoms with van der Waals surface area (Å²) in [6.07, 6.45) is 3.31. The van der Waals surface area contributed by atoms with Crippen molar-refractivity contribution in [3.63, 3.8) is 0 Å². The summed E-state index contributed by atoms with van der Waals surface area (Å²) in [5.41, 5.74) is 1.25. The standard InChI is InChI=1S/C20H23N3O3/c1-2-26-20(25)15-10-11-18(21-13-15)23-12-6-7-16(14-23)19(24)22-17-8-4-3-5-9-17/h3-5,8-11,13,16H,2,6-7,12,14H2,1H3,(H,22,24)/t16-/m0/s1. The van der Waals surface area contributed by atoms with E-state index in [1.54, 1.807) is 13.0 Å². The van der Waals surface area contributed by atoms with Crippen molar-refractivity contribution >= 4 is 23.4 Å². The lowest BCUT2D eigenvalue weighted by Gasteiger charge is -2.32. The highest BCUT2D eigenvalue weighted by Gasteiger charge is 2.26. The van der Waals surface area contributed by atoms with Gasteiger partial charge in [0, 0.05) is 25.0 Å². The number of anilines is 2. The van der Waals surface area contributed by atoms with E-state index in [1.165, 1.54) is 6.20 Å². The van der Waals surface area contributed by atoms with Crippen LogP contribution in [0.15, 0.2) is 48.7 Å². The fraction of sp³-hybridized carbons (Fsp3) is 0.350. The third-order valence-electron chi connectivity index (χ3n) is 4.42. The van der Waals surface area contributed by atoms with Crippen LogP contribution < -0.4 is 10.2 Å². The number of para-hydroxylation sites is 1. The molecule has 3 rings (SSSR count). The molecule has 1 amide bonds. The maximum Gasteiger partial charge on any atom is 0.339 e. The third-order valence-corrected chi connectivity index (χ3v) is 4.42. The highest BCUT2D eigenvalue weighted by molar-refractivity contribution is 5.93. The minimum absolute atomic E-state index is 0.0315. The summed E-state index contributed by atoms with van der Waals surface area (Å²) in [7, 11) is 0. The summed E-state index contributed by atoms with van der Waals surface area (Å²) < 4.78 is 4.97. The Kier molecular flexibility index (Phi) is 5.84. The molecule has 6 heteroatoms. The minimum Gasteiger partial charge on any atom is -0.462 e. The number of aromatic nitrogens is 1. The first-order valence-corrected chi connectivity index (χ1v) is 8.91. The van der Waals surface area contributed by atoms with Gasteiger partial charge in [-0.1, -0.05) is 18.2 Å². The second kappa shape index (κ2) is 8.47. The number of pyridine rings is 1. The lowest BCUT2D eigenvalue weighted by atomic mass is 9.97. The molecule has 1 saturated heterocycles. The van der Waals surface area contributed by atoms with Crippen molar-refractivity contribution in [1.82, 2.24) is 4.98 Å². The van der Waals surface area contributed by atoms with E-state index in [1.807, 2.05) is 36.4 Å². The predicted octanol–water partition coefficient (Wildman–Crippen LogP) is 3.11. The van der Waals surface area contributed by atoms with Crippen LogP contribution in [0.1, 0.15) is 30.1 Å². The molecule has 0 saturated carbocycles. The van der Waals surface area contributed by atoms with Gasteiger partial charge in [-0.3, -0.25) is 4.79 Å². The van der Waals surface area contributed by atoms with E-state index in [0.717, 1.165) is 30.9 Å². The molecule has 1 aliphatic heterocycles. The van der Waals surface area contributed by atoms with E-state index in [0.29, 0.717) is 18.7 Å². The van der Waals surface area contributed by atoms with Gasteiger partial charge in [-0.15, -0.1) is 0 Å². The Bertz CT molecular complexity index is 747. The lowest BCUT2D eigenvalue weighted by Crippen LogP contribution is -2.41. The average Bonchev–Trinajstić information content (AvgIpc) is 2.69. The van der Waals surface area contributed by atoms with Gasteiger partial charge in [-0.05, 0) is 44.0 Å². The molecule has 1 fully saturated rings. The number of nitrogens with zero attached hydrogens (tertiary/aromatic N) is 2. The summed E-state index contributed by atoms with van der Waals surface area (Å²) in [6.45, 7) is 3.57. The number of hydrogen-bond donors (Lipinski definition) is 1. The van der Waals surface area contributed by atoms with Crippen LogP contribution in [0.4, 0.5) is 11.5 Å². The molecule has 2 aromatic rings. The van der Waals surface area contributed by atoms with Crippen molar-refractivity contribution in [2.45, 2.75) is 19.8 Å². The molecule has 0 radical (unpaired) electrons. The Labute approximate surface area is 153 Å². The Balaban J connectivity index is 1.62. The summed E-state index contributed by atoms with van der Waals surface area (Å²) in [6, 6.07) is 13.0. The lowest BCUT2D eigenvalue weighted by molar-refractivity contribution is -0.120. The number of benzene rings is 1. The summed E-state index contributed by atoms with van der Waals surface area (Å²) in [5, 5.41) is 2.97. The molecular weight excluding hydrogens is 330 g/mol. The quantitative estimate of drug-likeness (QED) is 0.836. The van der Waals surface area contributed by atoms with E-state index in [4.69, 9.17) is 4.74 Å². The Hall–Kier alpha value is -2.89. The molecule has 1 aromatic heterocycles. The Morgan fingerprint density at radius 1 is 1.23 bits per heavy atom. The molecule has 0 unspecified atom stereocenters. The summed E-state index contributed by atoms with van der Waals surface area (Å²) in [4.78, 5) is 30.7. The first kappa shape index (κ1) is 17.9. The number of piperidine rings is 1. The van der Waals surface area contributed by atoms with Crippen molar-refractivity contribution < 1.29 is 14.3 Å². The molecule has 1 N–H and O–H groups in total. The number of ether oxygens (including phenoxy) is 1. The van der Waals surface area contributed by atoms with Gasteiger partial charge in [0.15, 0.2) is 0 Å².